The second kappa shape index (κ2) is 6.30. The maximum atomic E-state index is 12.5. The van der Waals surface area contributed by atoms with Crippen molar-refractivity contribution >= 4 is 10.2 Å². The molecule has 2 aliphatic heterocycles. The van der Waals surface area contributed by atoms with Gasteiger partial charge in [-0.15, -0.1) is 0 Å². The third kappa shape index (κ3) is 3.35. The molecule has 0 radical (unpaired) electrons. The monoisotopic (exact) mass is 301 g/mol. The number of nitrogens with one attached hydrogen (secondary N) is 2. The van der Waals surface area contributed by atoms with Crippen LogP contribution in [-0.2, 0) is 10.2 Å². The van der Waals surface area contributed by atoms with Crippen LogP contribution in [0, 0.1) is 11.8 Å². The van der Waals surface area contributed by atoms with E-state index in [1.807, 2.05) is 0 Å². The number of hydrogen-bond acceptors (Lipinski definition) is 3. The molecular weight excluding hydrogens is 274 g/mol. The lowest BCUT2D eigenvalue weighted by atomic mass is 9.79. The molecule has 1 unspecified atom stereocenters. The Labute approximate surface area is 122 Å². The quantitative estimate of drug-likeness (QED) is 0.820. The van der Waals surface area contributed by atoms with Crippen molar-refractivity contribution in [3.8, 4) is 0 Å². The van der Waals surface area contributed by atoms with E-state index in [0.29, 0.717) is 19.0 Å². The standard InChI is InChI=1S/C14H27N3O2S/c18-20(19,17-7-3-1-2-4-8-17)16-14-6-5-12-10-15-11-13(12)9-14/h12-16H,1-11H2/t12-,13+,14?/m0/s1. The predicted molar refractivity (Wildman–Crippen MR) is 79.6 cm³/mol. The zero-order valence-corrected chi connectivity index (χ0v) is 13.0. The average Bonchev–Trinajstić information content (AvgIpc) is 2.70. The number of fused-ring (bicyclic) bond motifs is 1. The first kappa shape index (κ1) is 14.8. The van der Waals surface area contributed by atoms with Crippen molar-refractivity contribution in [1.82, 2.24) is 14.3 Å². The van der Waals surface area contributed by atoms with Crippen LogP contribution in [0.1, 0.15) is 44.9 Å². The molecule has 2 heterocycles. The summed E-state index contributed by atoms with van der Waals surface area (Å²) in [5, 5.41) is 3.43. The summed E-state index contributed by atoms with van der Waals surface area (Å²) >= 11 is 0. The highest BCUT2D eigenvalue weighted by molar-refractivity contribution is 7.87. The van der Waals surface area contributed by atoms with E-state index in [9.17, 15) is 8.42 Å². The van der Waals surface area contributed by atoms with Crippen molar-refractivity contribution in [2.24, 2.45) is 11.8 Å². The average molecular weight is 301 g/mol. The second-order valence-corrected chi connectivity index (χ2v) is 8.33. The van der Waals surface area contributed by atoms with Crippen molar-refractivity contribution in [3.05, 3.63) is 0 Å². The van der Waals surface area contributed by atoms with Crippen molar-refractivity contribution in [2.75, 3.05) is 26.2 Å². The molecule has 0 amide bonds. The van der Waals surface area contributed by atoms with E-state index in [4.69, 9.17) is 0 Å². The molecule has 5 nitrogen and oxygen atoms in total. The minimum absolute atomic E-state index is 0.143. The molecule has 20 heavy (non-hydrogen) atoms. The van der Waals surface area contributed by atoms with Crippen molar-refractivity contribution in [1.29, 1.82) is 0 Å². The Morgan fingerprint density at radius 3 is 2.40 bits per heavy atom. The molecule has 3 rings (SSSR count). The first-order valence-electron chi connectivity index (χ1n) is 8.13. The summed E-state index contributed by atoms with van der Waals surface area (Å²) in [4.78, 5) is 0. The summed E-state index contributed by atoms with van der Waals surface area (Å²) in [6.07, 6.45) is 7.47. The van der Waals surface area contributed by atoms with Gasteiger partial charge in [-0.25, -0.2) is 0 Å². The zero-order chi connectivity index (χ0) is 14.0. The molecule has 116 valence electrons. The normalized spacial score (nSPS) is 36.5. The molecule has 2 saturated heterocycles. The molecule has 0 aromatic carbocycles. The van der Waals surface area contributed by atoms with E-state index in [0.717, 1.165) is 64.0 Å². The van der Waals surface area contributed by atoms with Gasteiger partial charge in [0, 0.05) is 19.1 Å². The molecule has 1 saturated carbocycles. The van der Waals surface area contributed by atoms with Crippen molar-refractivity contribution in [2.45, 2.75) is 51.0 Å². The van der Waals surface area contributed by atoms with Gasteiger partial charge in [0.15, 0.2) is 0 Å². The van der Waals surface area contributed by atoms with Crippen LogP contribution in [-0.4, -0.2) is 44.9 Å². The SMILES string of the molecule is O=S(=O)(NC1CC[C@H]2CNC[C@H]2C1)N1CCCCCC1. The van der Waals surface area contributed by atoms with Gasteiger partial charge in [0.2, 0.25) is 0 Å². The van der Waals surface area contributed by atoms with Gasteiger partial charge in [-0.2, -0.15) is 17.4 Å². The van der Waals surface area contributed by atoms with Gasteiger partial charge in [-0.1, -0.05) is 12.8 Å². The summed E-state index contributed by atoms with van der Waals surface area (Å²) in [5.41, 5.74) is 0. The largest absolute Gasteiger partial charge is 0.316 e. The second-order valence-electron chi connectivity index (χ2n) is 6.62. The third-order valence-electron chi connectivity index (χ3n) is 5.17. The first-order valence-corrected chi connectivity index (χ1v) is 9.57. The molecule has 3 fully saturated rings. The number of nitrogens with zero attached hydrogens (tertiary/aromatic N) is 1. The van der Waals surface area contributed by atoms with E-state index in [-0.39, 0.29) is 6.04 Å². The van der Waals surface area contributed by atoms with Crippen LogP contribution in [0.15, 0.2) is 0 Å². The van der Waals surface area contributed by atoms with E-state index in [1.54, 1.807) is 4.31 Å². The molecular formula is C14H27N3O2S. The van der Waals surface area contributed by atoms with Gasteiger partial charge in [0.1, 0.15) is 0 Å². The Morgan fingerprint density at radius 2 is 1.65 bits per heavy atom. The van der Waals surface area contributed by atoms with E-state index in [2.05, 4.69) is 10.0 Å². The summed E-state index contributed by atoms with van der Waals surface area (Å²) in [5.74, 6) is 1.44. The lowest BCUT2D eigenvalue weighted by molar-refractivity contribution is 0.257. The Morgan fingerprint density at radius 1 is 0.950 bits per heavy atom. The summed E-state index contributed by atoms with van der Waals surface area (Å²) in [6.45, 7) is 3.56. The zero-order valence-electron chi connectivity index (χ0n) is 12.2. The van der Waals surface area contributed by atoms with Crippen molar-refractivity contribution < 1.29 is 8.42 Å². The highest BCUT2D eigenvalue weighted by Crippen LogP contribution is 2.33. The molecule has 6 heteroatoms. The number of rotatable bonds is 3. The minimum Gasteiger partial charge on any atom is -0.316 e. The van der Waals surface area contributed by atoms with Crippen LogP contribution in [0.4, 0.5) is 0 Å². The lowest BCUT2D eigenvalue weighted by Crippen LogP contribution is -2.48. The molecule has 3 aliphatic rings. The molecule has 0 aromatic heterocycles. The van der Waals surface area contributed by atoms with Crippen molar-refractivity contribution in [3.63, 3.8) is 0 Å². The summed E-state index contributed by atoms with van der Waals surface area (Å²) in [7, 11) is -3.27. The van der Waals surface area contributed by atoms with E-state index < -0.39 is 10.2 Å². The van der Waals surface area contributed by atoms with Gasteiger partial charge in [-0.3, -0.25) is 0 Å². The topological polar surface area (TPSA) is 61.4 Å². The van der Waals surface area contributed by atoms with Gasteiger partial charge in [-0.05, 0) is 57.0 Å². The Hall–Kier alpha value is -0.170. The van der Waals surface area contributed by atoms with Gasteiger partial charge in [0.25, 0.3) is 10.2 Å². The van der Waals surface area contributed by atoms with Crippen LogP contribution >= 0.6 is 0 Å². The van der Waals surface area contributed by atoms with Crippen LogP contribution < -0.4 is 10.0 Å². The highest BCUT2D eigenvalue weighted by Gasteiger charge is 2.36. The molecule has 2 N–H and O–H groups in total. The van der Waals surface area contributed by atoms with Gasteiger partial charge in [0.05, 0.1) is 0 Å². The fourth-order valence-corrected chi connectivity index (χ4v) is 5.50. The van der Waals surface area contributed by atoms with Crippen LogP contribution in [0.5, 0.6) is 0 Å². The maximum Gasteiger partial charge on any atom is 0.279 e. The maximum absolute atomic E-state index is 12.5. The smallest absolute Gasteiger partial charge is 0.279 e. The molecule has 3 atom stereocenters. The fourth-order valence-electron chi connectivity index (χ4n) is 3.97. The molecule has 0 bridgehead atoms. The molecule has 1 aliphatic carbocycles. The Bertz CT molecular complexity index is 418. The Kier molecular flexibility index (Phi) is 4.65. The summed E-state index contributed by atoms with van der Waals surface area (Å²) in [6, 6.07) is 0.143. The van der Waals surface area contributed by atoms with E-state index >= 15 is 0 Å². The lowest BCUT2D eigenvalue weighted by Gasteiger charge is -2.33. The highest BCUT2D eigenvalue weighted by atomic mass is 32.2. The molecule has 0 spiro atoms. The summed E-state index contributed by atoms with van der Waals surface area (Å²) < 4.78 is 29.6. The fraction of sp³-hybridized carbons (Fsp3) is 1.00. The minimum atomic E-state index is -3.27. The van der Waals surface area contributed by atoms with Gasteiger partial charge < -0.3 is 5.32 Å². The molecule has 0 aromatic rings. The predicted octanol–water partition coefficient (Wildman–Crippen LogP) is 1.08. The van der Waals surface area contributed by atoms with Crippen LogP contribution in [0.2, 0.25) is 0 Å². The van der Waals surface area contributed by atoms with Crippen LogP contribution in [0.3, 0.4) is 0 Å². The van der Waals surface area contributed by atoms with Gasteiger partial charge >= 0.3 is 0 Å². The Balaban J connectivity index is 1.58. The number of hydrogen-bond donors (Lipinski definition) is 2. The van der Waals surface area contributed by atoms with E-state index in [1.165, 1.54) is 0 Å². The third-order valence-corrected chi connectivity index (χ3v) is 6.85. The van der Waals surface area contributed by atoms with Crippen LogP contribution in [0.25, 0.3) is 0 Å². The first-order chi connectivity index (χ1) is 9.65.